The van der Waals surface area contributed by atoms with Crippen LogP contribution >= 0.6 is 11.3 Å². The summed E-state index contributed by atoms with van der Waals surface area (Å²) in [6.45, 7) is 6.27. The van der Waals surface area contributed by atoms with Gasteiger partial charge in [-0.2, -0.15) is 0 Å². The van der Waals surface area contributed by atoms with Gasteiger partial charge in [-0.15, -0.1) is 11.3 Å². The zero-order chi connectivity index (χ0) is 21.7. The number of likely N-dealkylation sites (tertiary alicyclic amines) is 2. The molecule has 1 aromatic heterocycles. The minimum absolute atomic E-state index is 0.193. The number of thiazole rings is 1. The Kier molecular flexibility index (Phi) is 7.25. The first-order chi connectivity index (χ1) is 15.0. The van der Waals surface area contributed by atoms with Gasteiger partial charge in [-0.3, -0.25) is 9.69 Å². The SMILES string of the molecule is Cc1nc(C2(O)CCCN(C(=O)CN3CCCCC3)CC2)sc1COc1ccccc1. The normalized spacial score (nSPS) is 22.8. The number of rotatable bonds is 6. The van der Waals surface area contributed by atoms with Gasteiger partial charge in [0.05, 0.1) is 17.1 Å². The molecule has 2 fully saturated rings. The van der Waals surface area contributed by atoms with Gasteiger partial charge in [0, 0.05) is 19.5 Å². The first-order valence-corrected chi connectivity index (χ1v) is 12.2. The highest BCUT2D eigenvalue weighted by Crippen LogP contribution is 2.37. The predicted molar refractivity (Wildman–Crippen MR) is 122 cm³/mol. The molecular weight excluding hydrogens is 410 g/mol. The van der Waals surface area contributed by atoms with Crippen molar-refractivity contribution in [1.29, 1.82) is 0 Å². The average molecular weight is 444 g/mol. The molecule has 2 aliphatic rings. The maximum absolute atomic E-state index is 12.8. The van der Waals surface area contributed by atoms with Crippen LogP contribution in [0, 0.1) is 6.92 Å². The van der Waals surface area contributed by atoms with Crippen LogP contribution in [-0.4, -0.2) is 58.5 Å². The number of aromatic nitrogens is 1. The quantitative estimate of drug-likeness (QED) is 0.737. The molecule has 4 rings (SSSR count). The van der Waals surface area contributed by atoms with Crippen LogP contribution < -0.4 is 4.74 Å². The molecule has 0 spiro atoms. The number of carbonyl (C=O) groups is 1. The highest BCUT2D eigenvalue weighted by Gasteiger charge is 2.36. The molecule has 3 heterocycles. The van der Waals surface area contributed by atoms with Crippen molar-refractivity contribution in [3.8, 4) is 5.75 Å². The maximum Gasteiger partial charge on any atom is 0.236 e. The van der Waals surface area contributed by atoms with Gasteiger partial charge in [-0.25, -0.2) is 4.98 Å². The van der Waals surface area contributed by atoms with Gasteiger partial charge in [-0.05, 0) is 57.8 Å². The number of amides is 1. The molecule has 0 aliphatic carbocycles. The lowest BCUT2D eigenvalue weighted by molar-refractivity contribution is -0.132. The van der Waals surface area contributed by atoms with Gasteiger partial charge < -0.3 is 14.7 Å². The van der Waals surface area contributed by atoms with Gasteiger partial charge in [0.2, 0.25) is 5.91 Å². The second-order valence-electron chi connectivity index (χ2n) is 8.73. The van der Waals surface area contributed by atoms with E-state index in [2.05, 4.69) is 4.90 Å². The third kappa shape index (κ3) is 5.64. The number of aliphatic hydroxyl groups is 1. The minimum atomic E-state index is -0.972. The molecule has 2 aromatic rings. The molecule has 1 aromatic carbocycles. The number of para-hydroxylation sites is 1. The third-order valence-corrected chi connectivity index (χ3v) is 7.70. The van der Waals surface area contributed by atoms with E-state index in [1.807, 2.05) is 42.2 Å². The summed E-state index contributed by atoms with van der Waals surface area (Å²) in [5.74, 6) is 1.02. The minimum Gasteiger partial charge on any atom is -0.488 e. The van der Waals surface area contributed by atoms with Crippen LogP contribution in [0.5, 0.6) is 5.75 Å². The van der Waals surface area contributed by atoms with Crippen LogP contribution in [0.15, 0.2) is 30.3 Å². The van der Waals surface area contributed by atoms with Crippen molar-refractivity contribution in [2.75, 3.05) is 32.7 Å². The molecule has 2 saturated heterocycles. The van der Waals surface area contributed by atoms with Crippen molar-refractivity contribution in [1.82, 2.24) is 14.8 Å². The van der Waals surface area contributed by atoms with Crippen molar-refractivity contribution in [3.05, 3.63) is 45.9 Å². The molecule has 1 amide bonds. The molecule has 0 bridgehead atoms. The lowest BCUT2D eigenvalue weighted by Crippen LogP contribution is -2.43. The van der Waals surface area contributed by atoms with E-state index < -0.39 is 5.60 Å². The number of carbonyl (C=O) groups excluding carboxylic acids is 1. The van der Waals surface area contributed by atoms with Crippen LogP contribution in [-0.2, 0) is 17.0 Å². The highest BCUT2D eigenvalue weighted by molar-refractivity contribution is 7.11. The largest absolute Gasteiger partial charge is 0.488 e. The summed E-state index contributed by atoms with van der Waals surface area (Å²) in [7, 11) is 0. The van der Waals surface area contributed by atoms with Crippen molar-refractivity contribution < 1.29 is 14.6 Å². The van der Waals surface area contributed by atoms with E-state index in [0.717, 1.165) is 40.8 Å². The molecule has 1 unspecified atom stereocenters. The van der Waals surface area contributed by atoms with Gasteiger partial charge in [-0.1, -0.05) is 24.6 Å². The van der Waals surface area contributed by atoms with Crippen LogP contribution in [0.2, 0.25) is 0 Å². The van der Waals surface area contributed by atoms with E-state index in [0.29, 0.717) is 39.1 Å². The molecule has 2 aliphatic heterocycles. The zero-order valence-corrected chi connectivity index (χ0v) is 19.2. The van der Waals surface area contributed by atoms with Crippen LogP contribution in [0.1, 0.15) is 54.1 Å². The van der Waals surface area contributed by atoms with Gasteiger partial charge in [0.25, 0.3) is 0 Å². The molecule has 6 nitrogen and oxygen atoms in total. The highest BCUT2D eigenvalue weighted by atomic mass is 32.1. The summed E-state index contributed by atoms with van der Waals surface area (Å²) in [5, 5.41) is 12.2. The van der Waals surface area contributed by atoms with E-state index in [9.17, 15) is 9.90 Å². The first kappa shape index (κ1) is 22.2. The second-order valence-corrected chi connectivity index (χ2v) is 9.82. The van der Waals surface area contributed by atoms with Gasteiger partial charge >= 0.3 is 0 Å². The monoisotopic (exact) mass is 443 g/mol. The summed E-state index contributed by atoms with van der Waals surface area (Å²) >= 11 is 1.53. The lowest BCUT2D eigenvalue weighted by Gasteiger charge is -2.29. The Morgan fingerprint density at radius 1 is 1.10 bits per heavy atom. The number of hydrogen-bond donors (Lipinski definition) is 1. The zero-order valence-electron chi connectivity index (χ0n) is 18.4. The summed E-state index contributed by atoms with van der Waals surface area (Å²) in [4.78, 5) is 22.8. The topological polar surface area (TPSA) is 65.9 Å². The van der Waals surface area contributed by atoms with Crippen molar-refractivity contribution >= 4 is 17.2 Å². The maximum atomic E-state index is 12.8. The fraction of sp³-hybridized carbons (Fsp3) is 0.583. The number of ether oxygens (including phenoxy) is 1. The Labute approximate surface area is 188 Å². The van der Waals surface area contributed by atoms with Crippen molar-refractivity contribution in [2.24, 2.45) is 0 Å². The number of piperidine rings is 1. The summed E-state index contributed by atoms with van der Waals surface area (Å²) in [5.41, 5.74) is -0.0627. The fourth-order valence-electron chi connectivity index (χ4n) is 4.42. The number of benzene rings is 1. The Morgan fingerprint density at radius 2 is 1.87 bits per heavy atom. The number of nitrogens with zero attached hydrogens (tertiary/aromatic N) is 3. The Hall–Kier alpha value is -1.96. The molecular formula is C24H33N3O3S. The van der Waals surface area contributed by atoms with E-state index in [-0.39, 0.29) is 5.91 Å². The van der Waals surface area contributed by atoms with Crippen molar-refractivity contribution in [2.45, 2.75) is 57.7 Å². The van der Waals surface area contributed by atoms with E-state index in [1.54, 1.807) is 0 Å². The van der Waals surface area contributed by atoms with Crippen molar-refractivity contribution in [3.63, 3.8) is 0 Å². The summed E-state index contributed by atoms with van der Waals surface area (Å²) < 4.78 is 5.88. The summed E-state index contributed by atoms with van der Waals surface area (Å²) in [6, 6.07) is 9.74. The molecule has 1 N–H and O–H groups in total. The molecule has 0 radical (unpaired) electrons. The van der Waals surface area contributed by atoms with E-state index >= 15 is 0 Å². The molecule has 1 atom stereocenters. The predicted octanol–water partition coefficient (Wildman–Crippen LogP) is 3.72. The van der Waals surface area contributed by atoms with Crippen LogP contribution in [0.4, 0.5) is 0 Å². The Balaban J connectivity index is 1.36. The second kappa shape index (κ2) is 10.1. The first-order valence-electron chi connectivity index (χ1n) is 11.4. The smallest absolute Gasteiger partial charge is 0.236 e. The number of hydrogen-bond acceptors (Lipinski definition) is 6. The molecule has 168 valence electrons. The molecule has 0 saturated carbocycles. The third-order valence-electron chi connectivity index (χ3n) is 6.38. The Morgan fingerprint density at radius 3 is 2.65 bits per heavy atom. The van der Waals surface area contributed by atoms with Crippen LogP contribution in [0.25, 0.3) is 0 Å². The number of aryl methyl sites for hydroxylation is 1. The van der Waals surface area contributed by atoms with E-state index in [4.69, 9.17) is 9.72 Å². The standard InChI is InChI=1S/C24H33N3O3S/c1-19-21(18-30-20-9-4-2-5-10-20)31-23(25-19)24(29)11-8-15-27(16-12-24)22(28)17-26-13-6-3-7-14-26/h2,4-5,9-10,29H,3,6-8,11-18H2,1H3. The van der Waals surface area contributed by atoms with Crippen LogP contribution in [0.3, 0.4) is 0 Å². The molecule has 31 heavy (non-hydrogen) atoms. The lowest BCUT2D eigenvalue weighted by atomic mass is 9.96. The average Bonchev–Trinajstić information content (AvgIpc) is 3.04. The van der Waals surface area contributed by atoms with E-state index in [1.165, 1.54) is 30.6 Å². The Bertz CT molecular complexity index is 866. The fourth-order valence-corrected chi connectivity index (χ4v) is 5.54. The van der Waals surface area contributed by atoms with Gasteiger partial charge in [0.15, 0.2) is 0 Å². The molecule has 7 heteroatoms. The summed E-state index contributed by atoms with van der Waals surface area (Å²) in [6.07, 6.45) is 5.60. The van der Waals surface area contributed by atoms with Gasteiger partial charge in [0.1, 0.15) is 23.0 Å².